The van der Waals surface area contributed by atoms with Crippen LogP contribution in [0.4, 0.5) is 0 Å². The quantitative estimate of drug-likeness (QED) is 0.609. The highest BCUT2D eigenvalue weighted by Gasteiger charge is 2.48. The Morgan fingerprint density at radius 2 is 1.79 bits per heavy atom. The molecule has 1 aromatic rings. The molecule has 0 radical (unpaired) electrons. The fourth-order valence-electron chi connectivity index (χ4n) is 2.23. The molecule has 0 saturated carbocycles. The van der Waals surface area contributed by atoms with E-state index in [1.807, 2.05) is 50.3 Å². The van der Waals surface area contributed by atoms with Gasteiger partial charge in [0.2, 0.25) is 0 Å². The van der Waals surface area contributed by atoms with Crippen molar-refractivity contribution in [3.05, 3.63) is 48.2 Å². The smallest absolute Gasteiger partial charge is 0.344 e. The molecule has 0 spiro atoms. The molecule has 1 aromatic carbocycles. The Hall–Kier alpha value is -1.03. The zero-order valence-corrected chi connectivity index (χ0v) is 12.0. The van der Waals surface area contributed by atoms with Crippen molar-refractivity contribution in [3.63, 3.8) is 0 Å². The molecule has 4 heteroatoms. The van der Waals surface area contributed by atoms with Crippen LogP contribution in [0.1, 0.15) is 25.3 Å². The van der Waals surface area contributed by atoms with Gasteiger partial charge in [-0.05, 0) is 25.5 Å². The molecule has 0 bridgehead atoms. The summed E-state index contributed by atoms with van der Waals surface area (Å²) >= 11 is 6.57. The minimum atomic E-state index is -1.21. The first-order chi connectivity index (χ1) is 9.23. The van der Waals surface area contributed by atoms with Crippen molar-refractivity contribution in [1.82, 2.24) is 0 Å². The number of benzene rings is 1. The van der Waals surface area contributed by atoms with Crippen molar-refractivity contribution in [1.29, 1.82) is 0 Å². The molecule has 0 unspecified atom stereocenters. The van der Waals surface area contributed by atoms with E-state index in [1.165, 1.54) is 0 Å². The molecule has 1 aliphatic rings. The van der Waals surface area contributed by atoms with E-state index in [1.54, 1.807) is 6.26 Å². The van der Waals surface area contributed by atoms with E-state index in [4.69, 9.17) is 25.8 Å². The lowest BCUT2D eigenvalue weighted by atomic mass is 9.93. The first kappa shape index (κ1) is 14.4. The Balaban J connectivity index is 2.28. The molecular formula is C15H19ClO3. The predicted molar refractivity (Wildman–Crippen MR) is 75.0 cm³/mol. The van der Waals surface area contributed by atoms with Gasteiger partial charge in [-0.15, -0.1) is 11.6 Å². The highest BCUT2D eigenvalue weighted by atomic mass is 35.5. The molecule has 2 rings (SSSR count). The van der Waals surface area contributed by atoms with Crippen LogP contribution in [0.25, 0.3) is 0 Å². The summed E-state index contributed by atoms with van der Waals surface area (Å²) in [6.45, 7) is 4.73. The van der Waals surface area contributed by atoms with E-state index in [9.17, 15) is 0 Å². The maximum Gasteiger partial charge on any atom is 0.344 e. The van der Waals surface area contributed by atoms with E-state index in [2.05, 4.69) is 0 Å². The van der Waals surface area contributed by atoms with Gasteiger partial charge in [0.05, 0.1) is 19.5 Å². The van der Waals surface area contributed by atoms with Crippen LogP contribution in [0.2, 0.25) is 0 Å². The van der Waals surface area contributed by atoms with E-state index in [0.717, 1.165) is 5.56 Å². The molecule has 1 heterocycles. The van der Waals surface area contributed by atoms with Crippen LogP contribution < -0.4 is 0 Å². The van der Waals surface area contributed by atoms with E-state index in [0.29, 0.717) is 13.2 Å². The third kappa shape index (κ3) is 2.94. The normalized spacial score (nSPS) is 25.0. The molecule has 0 amide bonds. The third-order valence-electron chi connectivity index (χ3n) is 3.05. The van der Waals surface area contributed by atoms with Gasteiger partial charge in [-0.3, -0.25) is 0 Å². The minimum absolute atomic E-state index is 0.00489. The fourth-order valence-corrected chi connectivity index (χ4v) is 2.63. The molecule has 0 aromatic heterocycles. The average Bonchev–Trinajstić information content (AvgIpc) is 2.43. The molecule has 0 N–H and O–H groups in total. The number of hydrogen-bond acceptors (Lipinski definition) is 3. The van der Waals surface area contributed by atoms with Crippen molar-refractivity contribution >= 4 is 11.6 Å². The Kier molecular flexibility index (Phi) is 4.86. The molecule has 0 fully saturated rings. The second kappa shape index (κ2) is 6.42. The number of rotatable bonds is 5. The van der Waals surface area contributed by atoms with Gasteiger partial charge in [-0.2, -0.15) is 0 Å². The third-order valence-corrected chi connectivity index (χ3v) is 3.59. The summed E-state index contributed by atoms with van der Waals surface area (Å²) in [5.41, 5.74) is 1.12. The topological polar surface area (TPSA) is 27.7 Å². The van der Waals surface area contributed by atoms with Gasteiger partial charge >= 0.3 is 5.97 Å². The van der Waals surface area contributed by atoms with Gasteiger partial charge in [0.1, 0.15) is 5.38 Å². The highest BCUT2D eigenvalue weighted by Crippen LogP contribution is 2.39. The Bertz CT molecular complexity index is 413. The van der Waals surface area contributed by atoms with Gasteiger partial charge < -0.3 is 14.2 Å². The summed E-state index contributed by atoms with van der Waals surface area (Å²) < 4.78 is 16.8. The van der Waals surface area contributed by atoms with Gasteiger partial charge in [0.25, 0.3) is 0 Å². The van der Waals surface area contributed by atoms with Crippen LogP contribution >= 0.6 is 11.6 Å². The van der Waals surface area contributed by atoms with Crippen LogP contribution in [0.3, 0.4) is 0 Å². The number of alkyl halides is 1. The number of allylic oxidation sites excluding steroid dienone is 1. The van der Waals surface area contributed by atoms with Gasteiger partial charge in [0.15, 0.2) is 0 Å². The van der Waals surface area contributed by atoms with Gasteiger partial charge in [0, 0.05) is 5.92 Å². The zero-order valence-electron chi connectivity index (χ0n) is 11.2. The predicted octanol–water partition coefficient (Wildman–Crippen LogP) is 3.65. The van der Waals surface area contributed by atoms with E-state index in [-0.39, 0.29) is 5.92 Å². The van der Waals surface area contributed by atoms with Crippen LogP contribution in [-0.4, -0.2) is 24.6 Å². The summed E-state index contributed by atoms with van der Waals surface area (Å²) in [4.78, 5) is 0. The maximum absolute atomic E-state index is 6.57. The van der Waals surface area contributed by atoms with Crippen molar-refractivity contribution in [2.24, 2.45) is 0 Å². The Morgan fingerprint density at radius 1 is 1.16 bits per heavy atom. The van der Waals surface area contributed by atoms with Crippen molar-refractivity contribution in [2.75, 3.05) is 13.2 Å². The standard InChI is InChI=1S/C15H19ClO3/c1-3-17-15(18-4-2)14(16)13(10-11-19-15)12-8-6-5-7-9-12/h5-11,13-14H,3-4H2,1-2H3/t13-,14+/m1/s1. The van der Waals surface area contributed by atoms with E-state index >= 15 is 0 Å². The van der Waals surface area contributed by atoms with Gasteiger partial charge in [-0.1, -0.05) is 30.3 Å². The van der Waals surface area contributed by atoms with Crippen LogP contribution in [0.5, 0.6) is 0 Å². The fraction of sp³-hybridized carbons (Fsp3) is 0.467. The van der Waals surface area contributed by atoms with Crippen LogP contribution in [-0.2, 0) is 14.2 Å². The summed E-state index contributed by atoms with van der Waals surface area (Å²) in [6, 6.07) is 10.0. The zero-order chi connectivity index (χ0) is 13.7. The SMILES string of the molecule is CCOC1(OCC)OC=C[C@H](c2ccccc2)[C@@H]1Cl. The molecule has 0 aliphatic carbocycles. The second-order valence-electron chi connectivity index (χ2n) is 4.25. The molecule has 104 valence electrons. The highest BCUT2D eigenvalue weighted by molar-refractivity contribution is 6.22. The van der Waals surface area contributed by atoms with Crippen molar-refractivity contribution in [2.45, 2.75) is 31.1 Å². The van der Waals surface area contributed by atoms with E-state index < -0.39 is 11.4 Å². The summed E-state index contributed by atoms with van der Waals surface area (Å²) in [5.74, 6) is -1.21. The summed E-state index contributed by atoms with van der Waals surface area (Å²) in [6.07, 6.45) is 3.55. The molecule has 0 saturated heterocycles. The minimum Gasteiger partial charge on any atom is -0.446 e. The monoisotopic (exact) mass is 282 g/mol. The van der Waals surface area contributed by atoms with Gasteiger partial charge in [-0.25, -0.2) is 0 Å². The molecular weight excluding hydrogens is 264 g/mol. The molecule has 1 aliphatic heterocycles. The number of ether oxygens (including phenoxy) is 3. The first-order valence-electron chi connectivity index (χ1n) is 6.55. The molecule has 3 nitrogen and oxygen atoms in total. The average molecular weight is 283 g/mol. The van der Waals surface area contributed by atoms with Crippen molar-refractivity contribution < 1.29 is 14.2 Å². The lowest BCUT2D eigenvalue weighted by Crippen LogP contribution is -2.50. The van der Waals surface area contributed by atoms with Crippen molar-refractivity contribution in [3.8, 4) is 0 Å². The lowest BCUT2D eigenvalue weighted by molar-refractivity contribution is -0.363. The molecule has 19 heavy (non-hydrogen) atoms. The Labute approximate surface area is 119 Å². The lowest BCUT2D eigenvalue weighted by Gasteiger charge is -2.40. The second-order valence-corrected chi connectivity index (χ2v) is 4.72. The molecule has 2 atom stereocenters. The largest absolute Gasteiger partial charge is 0.446 e. The first-order valence-corrected chi connectivity index (χ1v) is 6.98. The maximum atomic E-state index is 6.57. The van der Waals surface area contributed by atoms with Crippen LogP contribution in [0, 0.1) is 0 Å². The summed E-state index contributed by atoms with van der Waals surface area (Å²) in [7, 11) is 0. The number of halogens is 1. The summed E-state index contributed by atoms with van der Waals surface area (Å²) in [5, 5.41) is -0.445. The number of hydrogen-bond donors (Lipinski definition) is 0. The van der Waals surface area contributed by atoms with Crippen LogP contribution in [0.15, 0.2) is 42.7 Å². The Morgan fingerprint density at radius 3 is 2.37 bits per heavy atom.